The molecule has 0 spiro atoms. The van der Waals surface area contributed by atoms with Gasteiger partial charge in [0.15, 0.2) is 0 Å². The molecule has 0 bridgehead atoms. The van der Waals surface area contributed by atoms with Crippen LogP contribution >= 0.6 is 0 Å². The van der Waals surface area contributed by atoms with Crippen LogP contribution in [-0.4, -0.2) is 13.3 Å². The van der Waals surface area contributed by atoms with E-state index in [0.717, 1.165) is 26.9 Å². The summed E-state index contributed by atoms with van der Waals surface area (Å²) in [6.07, 6.45) is -2.08. The number of hydrogen-bond acceptors (Lipinski definition) is 0. The van der Waals surface area contributed by atoms with Crippen molar-refractivity contribution in [3.63, 3.8) is 0 Å². The Hall–Kier alpha value is -1.49. The van der Waals surface area contributed by atoms with E-state index < -0.39 is 25.0 Å². The van der Waals surface area contributed by atoms with Gasteiger partial charge >= 0.3 is 151 Å². The zero-order valence-electron chi connectivity index (χ0n) is 15.0. The summed E-state index contributed by atoms with van der Waals surface area (Å²) in [5, 5.41) is 3.39. The van der Waals surface area contributed by atoms with Crippen LogP contribution in [0.5, 0.6) is 0 Å². The van der Waals surface area contributed by atoms with Crippen molar-refractivity contribution in [2.75, 3.05) is 0 Å². The standard InChI is InChI=1S/C21H25F3Ge/c1-4-25(5-2,6-3)20(16-17-10-8-7-9-11-17)18-12-14-19(15-13-18)21(22,23)24/h7-16H,4-6H2,1-3H3/b20-16-. The van der Waals surface area contributed by atoms with Crippen molar-refractivity contribution in [1.82, 2.24) is 0 Å². The van der Waals surface area contributed by atoms with Crippen molar-refractivity contribution >= 4 is 23.7 Å². The Morgan fingerprint density at radius 3 is 1.80 bits per heavy atom. The average molecular weight is 407 g/mol. The molecular weight excluding hydrogens is 382 g/mol. The molecule has 0 radical (unpaired) electrons. The molecule has 0 saturated carbocycles. The van der Waals surface area contributed by atoms with Crippen molar-refractivity contribution < 1.29 is 13.2 Å². The first kappa shape index (κ1) is 19.8. The van der Waals surface area contributed by atoms with Gasteiger partial charge in [-0.2, -0.15) is 0 Å². The summed E-state index contributed by atoms with van der Waals surface area (Å²) in [5.41, 5.74) is 1.48. The molecule has 134 valence electrons. The quantitative estimate of drug-likeness (QED) is 0.349. The van der Waals surface area contributed by atoms with Crippen molar-refractivity contribution in [3.8, 4) is 0 Å². The Kier molecular flexibility index (Phi) is 6.55. The van der Waals surface area contributed by atoms with Gasteiger partial charge in [-0.1, -0.05) is 0 Å². The molecule has 0 saturated heterocycles. The zero-order valence-corrected chi connectivity index (χ0v) is 17.1. The van der Waals surface area contributed by atoms with Crippen molar-refractivity contribution in [2.24, 2.45) is 0 Å². The minimum absolute atomic E-state index is 0.585. The van der Waals surface area contributed by atoms with Gasteiger partial charge in [-0.25, -0.2) is 0 Å². The second-order valence-corrected chi connectivity index (χ2v) is 17.3. The van der Waals surface area contributed by atoms with Crippen molar-refractivity contribution in [3.05, 3.63) is 71.3 Å². The average Bonchev–Trinajstić information content (AvgIpc) is 2.63. The van der Waals surface area contributed by atoms with Gasteiger partial charge in [0.05, 0.1) is 0 Å². The molecule has 25 heavy (non-hydrogen) atoms. The van der Waals surface area contributed by atoms with Gasteiger partial charge in [-0.15, -0.1) is 0 Å². The predicted molar refractivity (Wildman–Crippen MR) is 103 cm³/mol. The SMILES string of the molecule is C[CH2][Ge]([CH2]C)([CH2]C)/[C](=C\c1ccccc1)c1ccc(C(F)(F)F)cc1. The van der Waals surface area contributed by atoms with Crippen LogP contribution in [0.1, 0.15) is 37.5 Å². The molecule has 0 aliphatic heterocycles. The third-order valence-electron chi connectivity index (χ3n) is 5.24. The molecule has 0 nitrogen and oxygen atoms in total. The van der Waals surface area contributed by atoms with Gasteiger partial charge in [-0.3, -0.25) is 0 Å². The molecule has 2 aromatic rings. The van der Waals surface area contributed by atoms with Crippen LogP contribution in [0.25, 0.3) is 10.5 Å². The fourth-order valence-electron chi connectivity index (χ4n) is 3.42. The Morgan fingerprint density at radius 1 is 0.840 bits per heavy atom. The summed E-state index contributed by atoms with van der Waals surface area (Å²) in [5.74, 6) is 0. The van der Waals surface area contributed by atoms with Gasteiger partial charge in [0, 0.05) is 0 Å². The summed E-state index contributed by atoms with van der Waals surface area (Å²) in [7, 11) is 0. The van der Waals surface area contributed by atoms with Crippen LogP contribution in [0.2, 0.25) is 15.8 Å². The Labute approximate surface area is 151 Å². The summed E-state index contributed by atoms with van der Waals surface area (Å²) >= 11 is -2.35. The van der Waals surface area contributed by atoms with E-state index in [0.29, 0.717) is 0 Å². The topological polar surface area (TPSA) is 0 Å². The third-order valence-corrected chi connectivity index (χ3v) is 17.1. The minimum atomic E-state index is -4.29. The van der Waals surface area contributed by atoms with E-state index in [2.05, 4.69) is 39.0 Å². The van der Waals surface area contributed by atoms with Crippen LogP contribution in [0, 0.1) is 0 Å². The molecule has 0 fully saturated rings. The molecule has 0 aromatic heterocycles. The molecule has 0 unspecified atom stereocenters. The van der Waals surface area contributed by atoms with E-state index in [1.54, 1.807) is 12.1 Å². The number of halogens is 3. The fraction of sp³-hybridized carbons (Fsp3) is 0.333. The zero-order chi connectivity index (χ0) is 18.5. The molecular formula is C21H25F3Ge. The van der Waals surface area contributed by atoms with Crippen LogP contribution in [-0.2, 0) is 6.18 Å². The molecule has 0 aliphatic rings. The Morgan fingerprint density at radius 2 is 1.36 bits per heavy atom. The maximum absolute atomic E-state index is 12.9. The van der Waals surface area contributed by atoms with Crippen molar-refractivity contribution in [1.29, 1.82) is 0 Å². The van der Waals surface area contributed by atoms with E-state index >= 15 is 0 Å². The number of hydrogen-bond donors (Lipinski definition) is 0. The summed E-state index contributed by atoms with van der Waals surface area (Å²) in [6, 6.07) is 15.8. The first-order chi connectivity index (χ1) is 11.9. The number of alkyl halides is 3. The summed E-state index contributed by atoms with van der Waals surface area (Å²) < 4.78 is 40.0. The Bertz CT molecular complexity index is 688. The van der Waals surface area contributed by atoms with Gasteiger partial charge in [0.25, 0.3) is 0 Å². The molecule has 0 aliphatic carbocycles. The summed E-state index contributed by atoms with van der Waals surface area (Å²) in [4.78, 5) is 0. The summed E-state index contributed by atoms with van der Waals surface area (Å²) in [6.45, 7) is 6.70. The van der Waals surface area contributed by atoms with Gasteiger partial charge in [0.2, 0.25) is 0 Å². The van der Waals surface area contributed by atoms with Gasteiger partial charge < -0.3 is 0 Å². The molecule has 0 atom stereocenters. The van der Waals surface area contributed by atoms with Gasteiger partial charge in [-0.05, 0) is 0 Å². The molecule has 4 heteroatoms. The van der Waals surface area contributed by atoms with Crippen LogP contribution in [0.15, 0.2) is 54.6 Å². The van der Waals surface area contributed by atoms with Crippen molar-refractivity contribution in [2.45, 2.75) is 42.7 Å². The molecule has 0 heterocycles. The fourth-order valence-corrected chi connectivity index (χ4v) is 11.6. The first-order valence-corrected chi connectivity index (χ1v) is 14.3. The van der Waals surface area contributed by atoms with E-state index in [1.807, 2.05) is 18.2 Å². The molecule has 0 amide bonds. The monoisotopic (exact) mass is 408 g/mol. The van der Waals surface area contributed by atoms with E-state index in [-0.39, 0.29) is 0 Å². The van der Waals surface area contributed by atoms with Crippen LogP contribution < -0.4 is 0 Å². The molecule has 2 aromatic carbocycles. The van der Waals surface area contributed by atoms with Crippen LogP contribution in [0.3, 0.4) is 0 Å². The second-order valence-electron chi connectivity index (χ2n) is 6.38. The van der Waals surface area contributed by atoms with Gasteiger partial charge in [0.1, 0.15) is 0 Å². The Balaban J connectivity index is 2.57. The maximum atomic E-state index is 12.9. The van der Waals surface area contributed by atoms with Crippen LogP contribution in [0.4, 0.5) is 13.2 Å². The molecule has 0 N–H and O–H groups in total. The normalized spacial score (nSPS) is 13.1. The predicted octanol–water partition coefficient (Wildman–Crippen LogP) is 7.29. The van der Waals surface area contributed by atoms with E-state index in [4.69, 9.17) is 0 Å². The molecule has 2 rings (SSSR count). The number of rotatable bonds is 6. The van der Waals surface area contributed by atoms with E-state index in [1.165, 1.54) is 16.5 Å². The number of benzene rings is 2. The first-order valence-electron chi connectivity index (χ1n) is 8.81. The third kappa shape index (κ3) is 4.57. The van der Waals surface area contributed by atoms with E-state index in [9.17, 15) is 13.2 Å². The second kappa shape index (κ2) is 8.26.